The van der Waals surface area contributed by atoms with Crippen molar-refractivity contribution in [2.45, 2.75) is 24.0 Å². The largest absolute Gasteiger partial charge is 1.00 e. The number of aromatic nitrogens is 1. The summed E-state index contributed by atoms with van der Waals surface area (Å²) in [4.78, 5) is 0. The molecule has 1 nitrogen and oxygen atoms in total. The number of aryl methyl sites for hydroxylation is 2. The van der Waals surface area contributed by atoms with Gasteiger partial charge in [0, 0.05) is 0 Å². The zero-order valence-electron chi connectivity index (χ0n) is 9.93. The van der Waals surface area contributed by atoms with Crippen molar-refractivity contribution in [3.8, 4) is 0 Å². The molecule has 0 saturated carbocycles. The Kier molecular flexibility index (Phi) is 4.76. The van der Waals surface area contributed by atoms with Crippen LogP contribution in [0, 0.1) is 6.92 Å². The second-order valence-electron chi connectivity index (χ2n) is 4.61. The first kappa shape index (κ1) is 15.1. The molecule has 1 aliphatic carbocycles. The number of hydrogen-bond acceptors (Lipinski definition) is 0. The van der Waals surface area contributed by atoms with Crippen LogP contribution in [-0.4, -0.2) is 4.57 Å². The van der Waals surface area contributed by atoms with E-state index in [4.69, 9.17) is 0 Å². The van der Waals surface area contributed by atoms with E-state index < -0.39 is 0 Å². The van der Waals surface area contributed by atoms with Crippen molar-refractivity contribution in [2.75, 3.05) is 0 Å². The van der Waals surface area contributed by atoms with Crippen LogP contribution in [0.1, 0.15) is 16.8 Å². The monoisotopic (exact) mass is 302 g/mol. The summed E-state index contributed by atoms with van der Waals surface area (Å²) in [6.45, 7) is 2.17. The molecule has 2 aromatic rings. The number of hydrogen-bond donors (Lipinski definition) is 0. The number of halogens is 2. The molecule has 0 fully saturated rings. The molecule has 0 amide bonds. The van der Waals surface area contributed by atoms with Gasteiger partial charge in [-0.25, -0.2) is 0 Å². The van der Waals surface area contributed by atoms with E-state index in [9.17, 15) is 0 Å². The Morgan fingerprint density at radius 2 is 1.94 bits per heavy atom. The van der Waals surface area contributed by atoms with Crippen molar-refractivity contribution in [2.24, 2.45) is 7.05 Å². The first-order valence-corrected chi connectivity index (χ1v) is 6.35. The smallest absolute Gasteiger partial charge is 1.00 e. The van der Waals surface area contributed by atoms with Gasteiger partial charge in [0.15, 0.2) is 0 Å². The molecule has 0 aliphatic heterocycles. The van der Waals surface area contributed by atoms with Gasteiger partial charge in [0.1, 0.15) is 0 Å². The predicted molar refractivity (Wildman–Crippen MR) is 58.8 cm³/mol. The molecular formula is C13H14Cl2NTi. The van der Waals surface area contributed by atoms with Crippen LogP contribution >= 0.6 is 0 Å². The van der Waals surface area contributed by atoms with Crippen molar-refractivity contribution >= 4 is 10.9 Å². The van der Waals surface area contributed by atoms with Gasteiger partial charge in [0.25, 0.3) is 0 Å². The summed E-state index contributed by atoms with van der Waals surface area (Å²) in [5.41, 5.74) is 5.92. The van der Waals surface area contributed by atoms with E-state index in [-0.39, 0.29) is 24.8 Å². The fourth-order valence-electron chi connectivity index (χ4n) is 2.72. The minimum Gasteiger partial charge on any atom is -1.00 e. The van der Waals surface area contributed by atoms with E-state index in [2.05, 4.69) is 57.2 Å². The number of nitrogens with zero attached hydrogens (tertiary/aromatic N) is 1. The second kappa shape index (κ2) is 5.36. The Hall–Kier alpha value is 0.0543. The summed E-state index contributed by atoms with van der Waals surface area (Å²) in [5.74, 6) is 0. The van der Waals surface area contributed by atoms with Gasteiger partial charge in [-0.3, -0.25) is 0 Å². The maximum Gasteiger partial charge on any atom is -1.00 e. The van der Waals surface area contributed by atoms with Gasteiger partial charge in [-0.2, -0.15) is 0 Å². The van der Waals surface area contributed by atoms with E-state index in [1.54, 1.807) is 11.3 Å². The maximum atomic E-state index is 2.39. The van der Waals surface area contributed by atoms with Gasteiger partial charge < -0.3 is 24.8 Å². The van der Waals surface area contributed by atoms with Crippen LogP contribution in [0.4, 0.5) is 0 Å². The SMILES string of the molecule is Cc1ccc2c3c(n(C)c2c1)C[CH]([Ti+2])C3.[Cl-].[Cl-]. The third-order valence-corrected chi connectivity index (χ3v) is 4.12. The molecule has 1 aromatic carbocycles. The minimum absolute atomic E-state index is 0. The van der Waals surface area contributed by atoms with Crippen molar-refractivity contribution < 1.29 is 45.2 Å². The second-order valence-corrected chi connectivity index (χ2v) is 5.89. The normalized spacial score (nSPS) is 17.5. The van der Waals surface area contributed by atoms with Crippen LogP contribution in [0.5, 0.6) is 0 Å². The molecule has 1 atom stereocenters. The summed E-state index contributed by atoms with van der Waals surface area (Å²) >= 11 is 2.35. The number of rotatable bonds is 0. The molecule has 0 radical (unpaired) electrons. The van der Waals surface area contributed by atoms with E-state index >= 15 is 0 Å². The topological polar surface area (TPSA) is 4.93 Å². The fourth-order valence-corrected chi connectivity index (χ4v) is 3.34. The molecule has 1 aromatic heterocycles. The van der Waals surface area contributed by atoms with Crippen LogP contribution in [0.25, 0.3) is 10.9 Å². The molecule has 0 N–H and O–H groups in total. The van der Waals surface area contributed by atoms with Gasteiger partial charge in [0.2, 0.25) is 0 Å². The molecule has 17 heavy (non-hydrogen) atoms. The molecule has 4 heteroatoms. The Balaban J connectivity index is 0.000000722. The fraction of sp³-hybridized carbons (Fsp3) is 0.385. The molecule has 0 saturated heterocycles. The van der Waals surface area contributed by atoms with Crippen LogP contribution in [0.3, 0.4) is 0 Å². The standard InChI is InChI=1S/C13H14N.2ClH.Ti/c1-9-6-7-11-10-4-3-5-12(10)14(2)13(11)8-9;;;/h3,6-8H,4-5H2,1-2H3;2*1H;/q;;;+2/p-2. The van der Waals surface area contributed by atoms with Crippen LogP contribution < -0.4 is 24.8 Å². The zero-order valence-corrected chi connectivity index (χ0v) is 13.0. The maximum absolute atomic E-state index is 2.39. The molecule has 3 rings (SSSR count). The van der Waals surface area contributed by atoms with Crippen molar-refractivity contribution in [1.29, 1.82) is 0 Å². The number of fused-ring (bicyclic) bond motifs is 3. The molecule has 1 unspecified atom stereocenters. The van der Waals surface area contributed by atoms with Crippen molar-refractivity contribution in [3.05, 3.63) is 35.0 Å². The third kappa shape index (κ3) is 2.31. The molecule has 0 spiro atoms. The van der Waals surface area contributed by atoms with Gasteiger partial charge >= 0.3 is 102 Å². The van der Waals surface area contributed by atoms with Gasteiger partial charge in [-0.05, 0) is 0 Å². The van der Waals surface area contributed by atoms with E-state index in [1.807, 2.05) is 0 Å². The molecule has 89 valence electrons. The van der Waals surface area contributed by atoms with E-state index in [1.165, 1.54) is 29.3 Å². The van der Waals surface area contributed by atoms with E-state index in [0.717, 1.165) is 4.22 Å². The molecular weight excluding hydrogens is 289 g/mol. The summed E-state index contributed by atoms with van der Waals surface area (Å²) in [7, 11) is 2.21. The van der Waals surface area contributed by atoms with Crippen molar-refractivity contribution in [3.63, 3.8) is 0 Å². The zero-order chi connectivity index (χ0) is 10.6. The minimum atomic E-state index is 0. The van der Waals surface area contributed by atoms with Crippen LogP contribution in [0.2, 0.25) is 4.22 Å². The van der Waals surface area contributed by atoms with Crippen LogP contribution in [-0.2, 0) is 40.3 Å². The van der Waals surface area contributed by atoms with Crippen molar-refractivity contribution in [1.82, 2.24) is 4.57 Å². The Morgan fingerprint density at radius 1 is 1.24 bits per heavy atom. The Morgan fingerprint density at radius 3 is 2.65 bits per heavy atom. The first-order chi connectivity index (χ1) is 7.16. The molecule has 1 heterocycles. The quantitative estimate of drug-likeness (QED) is 0.455. The Labute approximate surface area is 126 Å². The first-order valence-electron chi connectivity index (χ1n) is 5.44. The van der Waals surface area contributed by atoms with Gasteiger partial charge in [0.05, 0.1) is 0 Å². The third-order valence-electron chi connectivity index (χ3n) is 3.48. The average Bonchev–Trinajstić information content (AvgIpc) is 2.67. The molecule has 0 bridgehead atoms. The predicted octanol–water partition coefficient (Wildman–Crippen LogP) is -3.07. The Bertz CT molecular complexity index is 548. The summed E-state index contributed by atoms with van der Waals surface area (Å²) < 4.78 is 3.22. The van der Waals surface area contributed by atoms with E-state index in [0.29, 0.717) is 0 Å². The number of benzene rings is 1. The van der Waals surface area contributed by atoms with Crippen LogP contribution in [0.15, 0.2) is 18.2 Å². The van der Waals surface area contributed by atoms with Gasteiger partial charge in [-0.1, -0.05) is 0 Å². The summed E-state index contributed by atoms with van der Waals surface area (Å²) in [5, 5.41) is 1.47. The average molecular weight is 303 g/mol. The van der Waals surface area contributed by atoms with Gasteiger partial charge in [-0.15, -0.1) is 0 Å². The summed E-state index contributed by atoms with van der Waals surface area (Å²) in [6, 6.07) is 6.82. The summed E-state index contributed by atoms with van der Waals surface area (Å²) in [6.07, 6.45) is 2.51. The molecule has 1 aliphatic rings.